The Balaban J connectivity index is 4.15. The van der Waals surface area contributed by atoms with Crippen molar-refractivity contribution in [3.05, 3.63) is 97.2 Å². The quantitative estimate of drug-likeness (QED) is 0.0236. The molecule has 3 atom stereocenters. The summed E-state index contributed by atoms with van der Waals surface area (Å²) >= 11 is 0. The monoisotopic (exact) mass is 945 g/mol. The molecule has 0 aliphatic heterocycles. The molecule has 10 heteroatoms. The molecule has 3 N–H and O–H groups in total. The molecule has 0 aliphatic carbocycles. The highest BCUT2D eigenvalue weighted by atomic mass is 31.2. The van der Waals surface area contributed by atoms with Gasteiger partial charge in [0.1, 0.15) is 12.2 Å². The van der Waals surface area contributed by atoms with Crippen molar-refractivity contribution in [2.45, 2.75) is 219 Å². The Morgan fingerprint density at radius 1 is 0.485 bits per heavy atom. The van der Waals surface area contributed by atoms with Crippen molar-refractivity contribution < 1.29 is 43.0 Å². The maximum absolute atomic E-state index is 12.7. The van der Waals surface area contributed by atoms with Gasteiger partial charge in [-0.25, -0.2) is 4.57 Å². The zero-order valence-electron chi connectivity index (χ0n) is 41.9. The molecule has 9 nitrogen and oxygen atoms in total. The second-order valence-corrected chi connectivity index (χ2v) is 18.6. The number of ether oxygens (including phenoxy) is 2. The number of phosphoric ester groups is 1. The number of hydrogen-bond donors (Lipinski definition) is 3. The van der Waals surface area contributed by atoms with Crippen LogP contribution in [0.1, 0.15) is 206 Å². The van der Waals surface area contributed by atoms with Crippen molar-refractivity contribution >= 4 is 13.8 Å². The summed E-state index contributed by atoms with van der Waals surface area (Å²) in [5, 5.41) is 18.4. The first kappa shape index (κ1) is 63.4. The first-order valence-electron chi connectivity index (χ1n) is 26.2. The smallest absolute Gasteiger partial charge is 0.457 e. The minimum atomic E-state index is -4.54. The number of unbranched alkanes of at least 4 members (excludes halogenated alkanes) is 19. The van der Waals surface area contributed by atoms with E-state index < -0.39 is 45.8 Å². The van der Waals surface area contributed by atoms with E-state index in [0.717, 1.165) is 96.3 Å². The van der Waals surface area contributed by atoms with Crippen molar-refractivity contribution in [1.82, 2.24) is 0 Å². The van der Waals surface area contributed by atoms with E-state index in [-0.39, 0.29) is 13.0 Å². The van der Waals surface area contributed by atoms with Gasteiger partial charge >= 0.3 is 13.8 Å². The highest BCUT2D eigenvalue weighted by molar-refractivity contribution is 7.47. The van der Waals surface area contributed by atoms with Gasteiger partial charge in [0.15, 0.2) is 0 Å². The lowest BCUT2D eigenvalue weighted by molar-refractivity contribution is -0.154. The third-order valence-electron chi connectivity index (χ3n) is 10.8. The number of carbonyl (C=O) groups is 1. The maximum atomic E-state index is 12.7. The topological polar surface area (TPSA) is 132 Å². The average molecular weight is 945 g/mol. The summed E-state index contributed by atoms with van der Waals surface area (Å²) in [7, 11) is -4.54. The first-order chi connectivity index (χ1) is 32.3. The molecular weight excluding hydrogens is 848 g/mol. The normalized spacial score (nSPS) is 14.6. The molecule has 0 saturated heterocycles. The highest BCUT2D eigenvalue weighted by Gasteiger charge is 2.26. The fourth-order valence-electron chi connectivity index (χ4n) is 6.80. The molecule has 0 amide bonds. The van der Waals surface area contributed by atoms with Gasteiger partial charge in [-0.05, 0) is 96.3 Å². The average Bonchev–Trinajstić information content (AvgIpc) is 3.31. The molecule has 0 aromatic carbocycles. The van der Waals surface area contributed by atoms with Crippen LogP contribution in [0.15, 0.2) is 97.2 Å². The first-order valence-corrected chi connectivity index (χ1v) is 27.7. The second-order valence-electron chi connectivity index (χ2n) is 17.2. The van der Waals surface area contributed by atoms with Crippen molar-refractivity contribution in [3.63, 3.8) is 0 Å². The molecule has 0 bridgehead atoms. The van der Waals surface area contributed by atoms with E-state index in [1.165, 1.54) is 83.5 Å². The van der Waals surface area contributed by atoms with Crippen molar-refractivity contribution in [3.8, 4) is 0 Å². The number of aliphatic hydroxyl groups is 2. The van der Waals surface area contributed by atoms with Crippen molar-refractivity contribution in [2.24, 2.45) is 0 Å². The van der Waals surface area contributed by atoms with Crippen LogP contribution in [0.2, 0.25) is 0 Å². The predicted molar refractivity (Wildman–Crippen MR) is 278 cm³/mol. The van der Waals surface area contributed by atoms with Gasteiger partial charge in [-0.3, -0.25) is 13.8 Å². The van der Waals surface area contributed by atoms with E-state index in [9.17, 15) is 19.4 Å². The third-order valence-corrected chi connectivity index (χ3v) is 11.7. The third kappa shape index (κ3) is 50.8. The lowest BCUT2D eigenvalue weighted by Crippen LogP contribution is -2.29. The largest absolute Gasteiger partial charge is 0.472 e. The van der Waals surface area contributed by atoms with Gasteiger partial charge in [0.25, 0.3) is 0 Å². The number of aliphatic hydroxyl groups excluding tert-OH is 2. The molecule has 0 aromatic heterocycles. The van der Waals surface area contributed by atoms with Crippen LogP contribution < -0.4 is 0 Å². The fourth-order valence-corrected chi connectivity index (χ4v) is 7.59. The van der Waals surface area contributed by atoms with Crippen LogP contribution in [-0.2, 0) is 27.9 Å². The summed E-state index contributed by atoms with van der Waals surface area (Å²) in [5.74, 6) is -0.400. The molecule has 0 saturated carbocycles. The summed E-state index contributed by atoms with van der Waals surface area (Å²) < 4.78 is 33.5. The van der Waals surface area contributed by atoms with E-state index in [0.29, 0.717) is 13.0 Å². The Morgan fingerprint density at radius 2 is 0.864 bits per heavy atom. The van der Waals surface area contributed by atoms with Crippen LogP contribution in [-0.4, -0.2) is 66.3 Å². The Morgan fingerprint density at radius 3 is 1.30 bits per heavy atom. The van der Waals surface area contributed by atoms with Crippen molar-refractivity contribution in [2.75, 3.05) is 33.0 Å². The number of phosphoric acid groups is 1. The lowest BCUT2D eigenvalue weighted by atomic mass is 10.1. The molecular formula is C56H97O9P. The van der Waals surface area contributed by atoms with Crippen LogP contribution in [0.5, 0.6) is 0 Å². The molecule has 0 aromatic rings. The molecule has 0 spiro atoms. The Hall–Kier alpha value is -2.62. The Bertz CT molecular complexity index is 1350. The number of rotatable bonds is 49. The van der Waals surface area contributed by atoms with Crippen LogP contribution in [0.4, 0.5) is 0 Å². The minimum Gasteiger partial charge on any atom is -0.457 e. The van der Waals surface area contributed by atoms with E-state index in [1.807, 2.05) is 0 Å². The number of allylic oxidation sites excluding steroid dienone is 16. The van der Waals surface area contributed by atoms with Crippen molar-refractivity contribution in [1.29, 1.82) is 0 Å². The van der Waals surface area contributed by atoms with Crippen LogP contribution >= 0.6 is 7.82 Å². The van der Waals surface area contributed by atoms with Crippen LogP contribution in [0.25, 0.3) is 0 Å². The zero-order chi connectivity index (χ0) is 48.1. The molecule has 66 heavy (non-hydrogen) atoms. The standard InChI is InChI=1S/C56H97O9P/c1-3-5-7-9-11-13-15-17-19-21-23-25-27-28-30-32-34-36-38-40-42-44-46-48-56(59)65-55(53-64-66(60,61)63-51-54(58)50-57)52-62-49-47-45-43-41-39-37-35-33-31-29-26-24-22-20-18-16-14-12-10-8-6-4-2/h5,7,11,13,16-19,22-25,28-31,54-55,57-58H,3-4,6,8-10,12,14-15,20-21,26-27,32-53H2,1-2H3,(H,60,61)/b7-5-,13-11-,18-16-,19-17-,24-22-,25-23-,30-28-,31-29-. The van der Waals surface area contributed by atoms with Crippen LogP contribution in [0, 0.1) is 0 Å². The van der Waals surface area contributed by atoms with E-state index >= 15 is 0 Å². The summed E-state index contributed by atoms with van der Waals surface area (Å²) in [6.07, 6.45) is 66.5. The predicted octanol–water partition coefficient (Wildman–Crippen LogP) is 15.6. The summed E-state index contributed by atoms with van der Waals surface area (Å²) in [5.41, 5.74) is 0. The molecule has 0 heterocycles. The Kier molecular flexibility index (Phi) is 49.7. The SMILES string of the molecule is CC/C=C\C/C=C\C/C=C\C/C=C\C/C=C\CCCCCCCCCC(=O)OC(COCCCCCCCCC/C=C\C/C=C\C/C=C\CCCCCCC)COP(=O)(O)OCC(O)CO. The maximum Gasteiger partial charge on any atom is 0.472 e. The minimum absolute atomic E-state index is 0.0320. The van der Waals surface area contributed by atoms with Gasteiger partial charge < -0.3 is 24.6 Å². The number of carbonyl (C=O) groups excluding carboxylic acids is 1. The lowest BCUT2D eigenvalue weighted by Gasteiger charge is -2.20. The van der Waals surface area contributed by atoms with E-state index in [4.69, 9.17) is 23.6 Å². The fraction of sp³-hybridized carbons (Fsp3) is 0.696. The van der Waals surface area contributed by atoms with Gasteiger partial charge in [-0.2, -0.15) is 0 Å². The Labute approximate surface area is 404 Å². The summed E-state index contributed by atoms with van der Waals surface area (Å²) in [6.45, 7) is 3.35. The van der Waals surface area contributed by atoms with E-state index in [2.05, 4.69) is 111 Å². The number of hydrogen-bond acceptors (Lipinski definition) is 8. The zero-order valence-corrected chi connectivity index (χ0v) is 42.8. The van der Waals surface area contributed by atoms with E-state index in [1.54, 1.807) is 0 Å². The molecule has 0 fully saturated rings. The molecule has 380 valence electrons. The van der Waals surface area contributed by atoms with Crippen LogP contribution in [0.3, 0.4) is 0 Å². The van der Waals surface area contributed by atoms with Gasteiger partial charge in [0.05, 0.1) is 26.4 Å². The van der Waals surface area contributed by atoms with Gasteiger partial charge in [0.2, 0.25) is 0 Å². The molecule has 3 unspecified atom stereocenters. The second kappa shape index (κ2) is 51.8. The molecule has 0 aliphatic rings. The van der Waals surface area contributed by atoms with Gasteiger partial charge in [0, 0.05) is 13.0 Å². The van der Waals surface area contributed by atoms with Gasteiger partial charge in [-0.15, -0.1) is 0 Å². The van der Waals surface area contributed by atoms with Gasteiger partial charge in [-0.1, -0.05) is 201 Å². The molecule has 0 radical (unpaired) electrons. The summed E-state index contributed by atoms with van der Waals surface area (Å²) in [4.78, 5) is 22.7. The number of esters is 1. The summed E-state index contributed by atoms with van der Waals surface area (Å²) in [6, 6.07) is 0. The highest BCUT2D eigenvalue weighted by Crippen LogP contribution is 2.43. The molecule has 0 rings (SSSR count).